The quantitative estimate of drug-likeness (QED) is 0.827. The Morgan fingerprint density at radius 2 is 2.32 bits per heavy atom. The molecule has 136 valence electrons. The minimum atomic E-state index is -3.46. The molecule has 7 nitrogen and oxygen atoms in total. The zero-order valence-electron chi connectivity index (χ0n) is 14.0. The Bertz CT molecular complexity index is 814. The Kier molecular flexibility index (Phi) is 5.55. The maximum absolute atomic E-state index is 12.8. The van der Waals surface area contributed by atoms with Crippen molar-refractivity contribution < 1.29 is 17.7 Å². The van der Waals surface area contributed by atoms with E-state index >= 15 is 0 Å². The number of nitrogens with one attached hydrogen (secondary N) is 1. The van der Waals surface area contributed by atoms with E-state index in [1.807, 2.05) is 0 Å². The molecule has 1 aliphatic heterocycles. The summed E-state index contributed by atoms with van der Waals surface area (Å²) in [4.78, 5) is 12.0. The summed E-state index contributed by atoms with van der Waals surface area (Å²) in [6.45, 7) is 2.65. The first-order valence-corrected chi connectivity index (χ1v) is 10.6. The van der Waals surface area contributed by atoms with Crippen LogP contribution in [0, 0.1) is 6.92 Å². The van der Waals surface area contributed by atoms with E-state index in [1.165, 1.54) is 11.3 Å². The molecule has 0 spiro atoms. The highest BCUT2D eigenvalue weighted by atomic mass is 32.2. The van der Waals surface area contributed by atoms with Crippen LogP contribution in [0.5, 0.6) is 0 Å². The predicted molar refractivity (Wildman–Crippen MR) is 94.0 cm³/mol. The van der Waals surface area contributed by atoms with Gasteiger partial charge < -0.3 is 9.84 Å². The van der Waals surface area contributed by atoms with Crippen molar-refractivity contribution in [3.05, 3.63) is 35.0 Å². The second kappa shape index (κ2) is 7.67. The smallest absolute Gasteiger partial charge is 0.273 e. The van der Waals surface area contributed by atoms with Crippen LogP contribution in [0.25, 0.3) is 0 Å². The zero-order chi connectivity index (χ0) is 17.9. The fourth-order valence-corrected chi connectivity index (χ4v) is 5.86. The van der Waals surface area contributed by atoms with Gasteiger partial charge in [-0.15, -0.1) is 11.3 Å². The van der Waals surface area contributed by atoms with Crippen molar-refractivity contribution in [2.45, 2.75) is 42.9 Å². The first-order chi connectivity index (χ1) is 12.0. The fraction of sp³-hybridized carbons (Fsp3) is 0.500. The number of hydrogen-bond donors (Lipinski definition) is 1. The number of sulfonamides is 1. The minimum absolute atomic E-state index is 0.0970. The number of carbonyl (C=O) groups is 1. The molecule has 0 unspecified atom stereocenters. The molecule has 1 amide bonds. The SMILES string of the molecule is Cc1cc(C(=O)NCC[C@H]2CCCCN2S(=O)(=O)c2cccs2)no1. The number of rotatable bonds is 6. The number of hydrogen-bond acceptors (Lipinski definition) is 6. The lowest BCUT2D eigenvalue weighted by Gasteiger charge is -2.34. The van der Waals surface area contributed by atoms with E-state index in [0.29, 0.717) is 29.5 Å². The Morgan fingerprint density at radius 1 is 1.48 bits per heavy atom. The summed E-state index contributed by atoms with van der Waals surface area (Å²) >= 11 is 1.24. The standard InChI is InChI=1S/C16H21N3O4S2/c1-12-11-14(18-23-12)16(20)17-8-7-13-5-2-3-9-19(13)25(21,22)15-6-4-10-24-15/h4,6,10-11,13H,2-3,5,7-9H2,1H3,(H,17,20)/t13-/m1/s1. The highest BCUT2D eigenvalue weighted by Crippen LogP contribution is 2.29. The molecule has 1 atom stereocenters. The molecule has 9 heteroatoms. The molecule has 0 aliphatic carbocycles. The van der Waals surface area contributed by atoms with Gasteiger partial charge in [-0.2, -0.15) is 4.31 Å². The average Bonchev–Trinajstić information content (AvgIpc) is 3.27. The summed E-state index contributed by atoms with van der Waals surface area (Å²) in [5, 5.41) is 8.23. The van der Waals surface area contributed by atoms with Crippen LogP contribution in [0.2, 0.25) is 0 Å². The van der Waals surface area contributed by atoms with Gasteiger partial charge in [0.1, 0.15) is 9.97 Å². The number of aromatic nitrogens is 1. The Balaban J connectivity index is 1.61. The topological polar surface area (TPSA) is 92.5 Å². The van der Waals surface area contributed by atoms with Gasteiger partial charge in [0.05, 0.1) is 0 Å². The minimum Gasteiger partial charge on any atom is -0.361 e. The summed E-state index contributed by atoms with van der Waals surface area (Å²) in [7, 11) is -3.46. The second-order valence-electron chi connectivity index (χ2n) is 6.06. The van der Waals surface area contributed by atoms with Gasteiger partial charge in [-0.1, -0.05) is 17.6 Å². The lowest BCUT2D eigenvalue weighted by molar-refractivity contribution is 0.0940. The molecule has 1 fully saturated rings. The summed E-state index contributed by atoms with van der Waals surface area (Å²) in [6, 6.07) is 4.86. The average molecular weight is 383 g/mol. The molecule has 1 aliphatic rings. The lowest BCUT2D eigenvalue weighted by atomic mass is 10.0. The highest BCUT2D eigenvalue weighted by Gasteiger charge is 2.33. The molecule has 1 saturated heterocycles. The van der Waals surface area contributed by atoms with Gasteiger partial charge in [0.15, 0.2) is 5.69 Å². The number of carbonyl (C=O) groups excluding carboxylic acids is 1. The third-order valence-corrected chi connectivity index (χ3v) is 7.58. The van der Waals surface area contributed by atoms with Gasteiger partial charge in [0.25, 0.3) is 15.9 Å². The molecular weight excluding hydrogens is 362 g/mol. The van der Waals surface area contributed by atoms with Crippen LogP contribution >= 0.6 is 11.3 Å². The van der Waals surface area contributed by atoms with Crippen molar-refractivity contribution in [2.24, 2.45) is 0 Å². The molecule has 1 N–H and O–H groups in total. The van der Waals surface area contributed by atoms with E-state index in [-0.39, 0.29) is 17.6 Å². The van der Waals surface area contributed by atoms with Crippen molar-refractivity contribution in [3.63, 3.8) is 0 Å². The first kappa shape index (κ1) is 18.1. The molecule has 3 rings (SSSR count). The summed E-state index contributed by atoms with van der Waals surface area (Å²) in [5.74, 6) is 0.269. The number of amides is 1. The van der Waals surface area contributed by atoms with Crippen molar-refractivity contribution in [2.75, 3.05) is 13.1 Å². The Hall–Kier alpha value is -1.71. The fourth-order valence-electron chi connectivity index (χ4n) is 3.02. The molecule has 3 heterocycles. The Labute approximate surface area is 151 Å². The van der Waals surface area contributed by atoms with Gasteiger partial charge in [-0.25, -0.2) is 8.42 Å². The maximum Gasteiger partial charge on any atom is 0.273 e. The molecule has 0 aromatic carbocycles. The summed E-state index contributed by atoms with van der Waals surface area (Å²) < 4.78 is 32.5. The highest BCUT2D eigenvalue weighted by molar-refractivity contribution is 7.91. The number of nitrogens with zero attached hydrogens (tertiary/aromatic N) is 2. The van der Waals surface area contributed by atoms with E-state index in [1.54, 1.807) is 34.8 Å². The van der Waals surface area contributed by atoms with Crippen LogP contribution in [0.1, 0.15) is 41.9 Å². The Morgan fingerprint density at radius 3 is 3.00 bits per heavy atom. The largest absolute Gasteiger partial charge is 0.361 e. The van der Waals surface area contributed by atoms with Crippen molar-refractivity contribution in [3.8, 4) is 0 Å². The normalized spacial score (nSPS) is 19.0. The van der Waals surface area contributed by atoms with Crippen LogP contribution in [-0.2, 0) is 10.0 Å². The van der Waals surface area contributed by atoms with Crippen molar-refractivity contribution in [1.29, 1.82) is 0 Å². The van der Waals surface area contributed by atoms with E-state index < -0.39 is 10.0 Å². The van der Waals surface area contributed by atoms with Gasteiger partial charge >= 0.3 is 0 Å². The van der Waals surface area contributed by atoms with Gasteiger partial charge in [-0.3, -0.25) is 4.79 Å². The van der Waals surface area contributed by atoms with Crippen LogP contribution in [-0.4, -0.2) is 42.9 Å². The van der Waals surface area contributed by atoms with Gasteiger partial charge in [-0.05, 0) is 37.6 Å². The lowest BCUT2D eigenvalue weighted by Crippen LogP contribution is -2.44. The van der Waals surface area contributed by atoms with E-state index in [0.717, 1.165) is 19.3 Å². The van der Waals surface area contributed by atoms with Crippen molar-refractivity contribution in [1.82, 2.24) is 14.8 Å². The molecule has 0 saturated carbocycles. The maximum atomic E-state index is 12.8. The van der Waals surface area contributed by atoms with E-state index in [2.05, 4.69) is 10.5 Å². The first-order valence-electron chi connectivity index (χ1n) is 8.25. The second-order valence-corrected chi connectivity index (χ2v) is 9.13. The van der Waals surface area contributed by atoms with Gasteiger partial charge in [0.2, 0.25) is 0 Å². The van der Waals surface area contributed by atoms with Crippen molar-refractivity contribution >= 4 is 27.3 Å². The van der Waals surface area contributed by atoms with Crippen LogP contribution in [0.15, 0.2) is 32.3 Å². The molecule has 2 aromatic rings. The number of piperidine rings is 1. The van der Waals surface area contributed by atoms with Crippen LogP contribution < -0.4 is 5.32 Å². The summed E-state index contributed by atoms with van der Waals surface area (Å²) in [5.41, 5.74) is 0.240. The third kappa shape index (κ3) is 4.10. The van der Waals surface area contributed by atoms with E-state index in [9.17, 15) is 13.2 Å². The molecule has 25 heavy (non-hydrogen) atoms. The van der Waals surface area contributed by atoms with Crippen LogP contribution in [0.3, 0.4) is 0 Å². The monoisotopic (exact) mass is 383 g/mol. The van der Waals surface area contributed by atoms with E-state index in [4.69, 9.17) is 4.52 Å². The molecule has 0 bridgehead atoms. The summed E-state index contributed by atoms with van der Waals surface area (Å²) in [6.07, 6.45) is 3.25. The number of aryl methyl sites for hydroxylation is 1. The third-order valence-electron chi connectivity index (χ3n) is 4.25. The molecule has 0 radical (unpaired) electrons. The molecule has 2 aromatic heterocycles. The predicted octanol–water partition coefficient (Wildman–Crippen LogP) is 2.41. The van der Waals surface area contributed by atoms with Gasteiger partial charge in [0, 0.05) is 25.2 Å². The number of thiophene rings is 1. The zero-order valence-corrected chi connectivity index (χ0v) is 15.6. The molecular formula is C16H21N3O4S2. The van der Waals surface area contributed by atoms with Crippen LogP contribution in [0.4, 0.5) is 0 Å².